The van der Waals surface area contributed by atoms with Crippen LogP contribution in [-0.2, 0) is 32.7 Å². The van der Waals surface area contributed by atoms with Crippen LogP contribution in [0.25, 0.3) is 0 Å². The molecule has 48 heavy (non-hydrogen) atoms. The van der Waals surface area contributed by atoms with E-state index in [1.807, 2.05) is 21.1 Å². The monoisotopic (exact) mass is 701 g/mol. The van der Waals surface area contributed by atoms with Gasteiger partial charge in [0.15, 0.2) is 6.10 Å². The normalized spacial score (nSPS) is 14.0. The maximum absolute atomic E-state index is 12.6. The maximum Gasteiger partial charge on any atom is 0.306 e. The lowest BCUT2D eigenvalue weighted by atomic mass is 10.1. The van der Waals surface area contributed by atoms with E-state index in [-0.39, 0.29) is 26.1 Å². The van der Waals surface area contributed by atoms with Crippen molar-refractivity contribution < 1.29 is 42.1 Å². The van der Waals surface area contributed by atoms with Crippen LogP contribution in [0, 0.1) is 0 Å². The van der Waals surface area contributed by atoms with Crippen LogP contribution in [0.1, 0.15) is 155 Å². The summed E-state index contributed by atoms with van der Waals surface area (Å²) in [5.41, 5.74) is 0. The van der Waals surface area contributed by atoms with Crippen LogP contribution < -0.4 is 4.89 Å². The molecular formula is C38H72NO8P. The number of rotatable bonds is 34. The summed E-state index contributed by atoms with van der Waals surface area (Å²) >= 11 is 0. The topological polar surface area (TPSA) is 111 Å². The van der Waals surface area contributed by atoms with Gasteiger partial charge in [0.1, 0.15) is 19.8 Å². The van der Waals surface area contributed by atoms with Crippen molar-refractivity contribution in [1.29, 1.82) is 0 Å². The van der Waals surface area contributed by atoms with Crippen LogP contribution in [0.3, 0.4) is 0 Å². The first-order chi connectivity index (χ1) is 23.0. The average Bonchev–Trinajstić information content (AvgIpc) is 3.02. The number of hydrogen-bond acceptors (Lipinski definition) is 8. The van der Waals surface area contributed by atoms with Gasteiger partial charge >= 0.3 is 11.9 Å². The molecule has 0 saturated carbocycles. The van der Waals surface area contributed by atoms with Crippen molar-refractivity contribution in [1.82, 2.24) is 0 Å². The highest BCUT2D eigenvalue weighted by molar-refractivity contribution is 7.45. The standard InChI is InChI=1S/C38H72NO8P/c1-6-8-10-12-14-16-18-20-22-24-26-28-30-37(40)44-34-36(35-46-48(42,43)45-33-32-39(3,4)5)47-38(41)31-29-27-25-23-21-19-17-15-13-11-9-7-2/h14-17,36H,6-13,18-35H2,1-5H3/b16-14-,17-15-/t36-/m1/s1. The minimum Gasteiger partial charge on any atom is -0.756 e. The van der Waals surface area contributed by atoms with Crippen LogP contribution in [0.15, 0.2) is 24.3 Å². The lowest BCUT2D eigenvalue weighted by Gasteiger charge is -2.28. The number of hydrogen-bond donors (Lipinski definition) is 0. The molecule has 1 unspecified atom stereocenters. The molecule has 10 heteroatoms. The van der Waals surface area contributed by atoms with Gasteiger partial charge in [-0.25, -0.2) is 0 Å². The third kappa shape index (κ3) is 34.4. The van der Waals surface area contributed by atoms with E-state index in [0.29, 0.717) is 17.4 Å². The second kappa shape index (κ2) is 31.5. The predicted molar refractivity (Wildman–Crippen MR) is 194 cm³/mol. The summed E-state index contributed by atoms with van der Waals surface area (Å²) in [6.45, 7) is 4.13. The lowest BCUT2D eigenvalue weighted by Crippen LogP contribution is -2.37. The van der Waals surface area contributed by atoms with Gasteiger partial charge in [-0.3, -0.25) is 14.2 Å². The van der Waals surface area contributed by atoms with E-state index in [1.54, 1.807) is 0 Å². The van der Waals surface area contributed by atoms with Crippen LogP contribution in [-0.4, -0.2) is 70.0 Å². The fourth-order valence-corrected chi connectivity index (χ4v) is 5.61. The smallest absolute Gasteiger partial charge is 0.306 e. The van der Waals surface area contributed by atoms with Crippen molar-refractivity contribution in [2.75, 3.05) is 47.5 Å². The number of carbonyl (C=O) groups is 2. The summed E-state index contributed by atoms with van der Waals surface area (Å²) in [4.78, 5) is 37.3. The zero-order valence-electron chi connectivity index (χ0n) is 31.4. The van der Waals surface area contributed by atoms with Gasteiger partial charge < -0.3 is 27.9 Å². The maximum atomic E-state index is 12.6. The Morgan fingerprint density at radius 3 is 1.54 bits per heavy atom. The summed E-state index contributed by atoms with van der Waals surface area (Å²) in [6.07, 6.45) is 30.6. The highest BCUT2D eigenvalue weighted by Crippen LogP contribution is 2.38. The molecule has 2 atom stereocenters. The van der Waals surface area contributed by atoms with Crippen molar-refractivity contribution >= 4 is 19.8 Å². The molecule has 0 rings (SSSR count). The first-order valence-corrected chi connectivity index (χ1v) is 20.5. The van der Waals surface area contributed by atoms with Crippen LogP contribution >= 0.6 is 7.82 Å². The summed E-state index contributed by atoms with van der Waals surface area (Å²) < 4.78 is 33.7. The second-order valence-electron chi connectivity index (χ2n) is 13.9. The number of phosphoric ester groups is 1. The fraction of sp³-hybridized carbons (Fsp3) is 0.842. The summed E-state index contributed by atoms with van der Waals surface area (Å²) in [7, 11) is 1.15. The number of nitrogens with zero attached hydrogens (tertiary/aromatic N) is 1. The Labute approximate surface area is 294 Å². The molecule has 0 saturated heterocycles. The Balaban J connectivity index is 4.47. The SMILES string of the molecule is CCCCC/C=C\CCCCCCCC(=O)OC[C@H](COP(=O)([O-])OCC[N+](C)(C)C)OC(=O)CCCCCCC/C=C\CCCCC. The first kappa shape index (κ1) is 46.5. The van der Waals surface area contributed by atoms with Gasteiger partial charge in [-0.1, -0.05) is 102 Å². The largest absolute Gasteiger partial charge is 0.756 e. The number of quaternary nitrogens is 1. The fourth-order valence-electron chi connectivity index (χ4n) is 4.88. The molecule has 0 radical (unpaired) electrons. The van der Waals surface area contributed by atoms with Crippen molar-refractivity contribution in [3.05, 3.63) is 24.3 Å². The second-order valence-corrected chi connectivity index (χ2v) is 15.3. The Bertz CT molecular complexity index is 886. The molecule has 9 nitrogen and oxygen atoms in total. The minimum atomic E-state index is -4.62. The van der Waals surface area contributed by atoms with E-state index in [2.05, 4.69) is 38.2 Å². The molecule has 0 aliphatic rings. The van der Waals surface area contributed by atoms with Gasteiger partial charge in [-0.15, -0.1) is 0 Å². The van der Waals surface area contributed by atoms with E-state index in [9.17, 15) is 19.0 Å². The lowest BCUT2D eigenvalue weighted by molar-refractivity contribution is -0.870. The molecule has 0 aromatic carbocycles. The molecule has 0 fully saturated rings. The van der Waals surface area contributed by atoms with Gasteiger partial charge in [0.25, 0.3) is 7.82 Å². The molecule has 282 valence electrons. The highest BCUT2D eigenvalue weighted by Gasteiger charge is 2.21. The Hall–Kier alpha value is -1.51. The number of phosphoric acid groups is 1. The van der Waals surface area contributed by atoms with E-state index < -0.39 is 32.5 Å². The van der Waals surface area contributed by atoms with E-state index in [4.69, 9.17) is 18.5 Å². The zero-order valence-corrected chi connectivity index (χ0v) is 32.3. The Morgan fingerprint density at radius 1 is 0.625 bits per heavy atom. The van der Waals surface area contributed by atoms with Gasteiger partial charge in [0, 0.05) is 12.8 Å². The van der Waals surface area contributed by atoms with Crippen LogP contribution in [0.4, 0.5) is 0 Å². The van der Waals surface area contributed by atoms with E-state index in [0.717, 1.165) is 77.0 Å². The number of allylic oxidation sites excluding steroid dienone is 4. The molecule has 0 spiro atoms. The molecule has 0 aromatic rings. The van der Waals surface area contributed by atoms with Crippen molar-refractivity contribution in [2.24, 2.45) is 0 Å². The van der Waals surface area contributed by atoms with Crippen LogP contribution in [0.5, 0.6) is 0 Å². The number of likely N-dealkylation sites (N-methyl/N-ethyl adjacent to an activating group) is 1. The van der Waals surface area contributed by atoms with E-state index in [1.165, 1.54) is 44.9 Å². The number of esters is 2. The molecule has 0 aliphatic carbocycles. The average molecular weight is 702 g/mol. The summed E-state index contributed by atoms with van der Waals surface area (Å²) in [5.74, 6) is -0.858. The van der Waals surface area contributed by atoms with Crippen molar-refractivity contribution in [3.8, 4) is 0 Å². The molecule has 0 bridgehead atoms. The van der Waals surface area contributed by atoms with Gasteiger partial charge in [0.05, 0.1) is 27.7 Å². The third-order valence-corrected chi connectivity index (χ3v) is 8.91. The summed E-state index contributed by atoms with van der Waals surface area (Å²) in [5, 5.41) is 0. The highest BCUT2D eigenvalue weighted by atomic mass is 31.2. The van der Waals surface area contributed by atoms with Crippen molar-refractivity contribution in [2.45, 2.75) is 161 Å². The number of unbranched alkanes of at least 4 members (excludes halogenated alkanes) is 16. The molecule has 0 heterocycles. The molecule has 0 aromatic heterocycles. The quantitative estimate of drug-likeness (QED) is 0.0215. The molecule has 0 N–H and O–H groups in total. The Morgan fingerprint density at radius 2 is 1.06 bits per heavy atom. The minimum absolute atomic E-state index is 0.0330. The van der Waals surface area contributed by atoms with Crippen molar-refractivity contribution in [3.63, 3.8) is 0 Å². The van der Waals surface area contributed by atoms with Gasteiger partial charge in [-0.05, 0) is 64.2 Å². The van der Waals surface area contributed by atoms with E-state index >= 15 is 0 Å². The zero-order chi connectivity index (χ0) is 35.8. The number of ether oxygens (including phenoxy) is 2. The third-order valence-electron chi connectivity index (χ3n) is 7.94. The van der Waals surface area contributed by atoms with Crippen LogP contribution in [0.2, 0.25) is 0 Å². The number of carbonyl (C=O) groups excluding carboxylic acids is 2. The van der Waals surface area contributed by atoms with Gasteiger partial charge in [0.2, 0.25) is 0 Å². The molecule has 0 aliphatic heterocycles. The first-order valence-electron chi connectivity index (χ1n) is 19.0. The Kier molecular flexibility index (Phi) is 30.5. The molecular weight excluding hydrogens is 629 g/mol. The summed E-state index contributed by atoms with van der Waals surface area (Å²) in [6, 6.07) is 0. The predicted octanol–water partition coefficient (Wildman–Crippen LogP) is 9.38. The van der Waals surface area contributed by atoms with Gasteiger partial charge in [-0.2, -0.15) is 0 Å². The molecule has 0 amide bonds.